The molecular weight excluding hydrogens is 242 g/mol. The van der Waals surface area contributed by atoms with E-state index in [1.807, 2.05) is 24.3 Å². The summed E-state index contributed by atoms with van der Waals surface area (Å²) in [4.78, 5) is 15.3. The van der Waals surface area contributed by atoms with Gasteiger partial charge < -0.3 is 9.94 Å². The van der Waals surface area contributed by atoms with E-state index in [0.717, 1.165) is 18.4 Å². The SMILES string of the molecule is CC(=NOCCCc1ccc(Cl)cc1)C(=O)O. The predicted molar refractivity (Wildman–Crippen MR) is 66.5 cm³/mol. The monoisotopic (exact) mass is 255 g/mol. The molecule has 1 aromatic carbocycles. The number of nitrogens with zero attached hydrogens (tertiary/aromatic N) is 1. The van der Waals surface area contributed by atoms with E-state index in [1.165, 1.54) is 6.92 Å². The molecule has 0 aromatic heterocycles. The highest BCUT2D eigenvalue weighted by Gasteiger charge is 2.01. The number of aliphatic carboxylic acids is 1. The summed E-state index contributed by atoms with van der Waals surface area (Å²) in [6, 6.07) is 7.58. The van der Waals surface area contributed by atoms with E-state index < -0.39 is 5.97 Å². The van der Waals surface area contributed by atoms with E-state index in [0.29, 0.717) is 11.6 Å². The second-order valence-electron chi connectivity index (χ2n) is 3.55. The molecule has 5 heteroatoms. The maximum Gasteiger partial charge on any atom is 0.353 e. The van der Waals surface area contributed by atoms with Gasteiger partial charge in [-0.3, -0.25) is 0 Å². The maximum atomic E-state index is 10.4. The van der Waals surface area contributed by atoms with Crippen LogP contribution in [0.4, 0.5) is 0 Å². The topological polar surface area (TPSA) is 58.9 Å². The number of carboxylic acids is 1. The average molecular weight is 256 g/mol. The second-order valence-corrected chi connectivity index (χ2v) is 3.98. The summed E-state index contributed by atoms with van der Waals surface area (Å²) in [5.74, 6) is -1.07. The zero-order chi connectivity index (χ0) is 12.7. The molecule has 0 bridgehead atoms. The molecule has 0 unspecified atom stereocenters. The molecule has 17 heavy (non-hydrogen) atoms. The number of oxime groups is 1. The van der Waals surface area contributed by atoms with Crippen molar-refractivity contribution < 1.29 is 14.7 Å². The molecule has 0 aliphatic rings. The van der Waals surface area contributed by atoms with Crippen molar-refractivity contribution in [3.63, 3.8) is 0 Å². The standard InChI is InChI=1S/C12H14ClNO3/c1-9(12(15)16)14-17-8-2-3-10-4-6-11(13)7-5-10/h4-7H,2-3,8H2,1H3,(H,15,16). The number of halogens is 1. The summed E-state index contributed by atoms with van der Waals surface area (Å²) in [6.07, 6.45) is 1.62. The van der Waals surface area contributed by atoms with Crippen LogP contribution in [0.2, 0.25) is 5.02 Å². The highest BCUT2D eigenvalue weighted by molar-refractivity contribution is 6.34. The van der Waals surface area contributed by atoms with Crippen molar-refractivity contribution in [2.24, 2.45) is 5.16 Å². The molecule has 92 valence electrons. The number of rotatable bonds is 6. The van der Waals surface area contributed by atoms with Gasteiger partial charge in [0.15, 0.2) is 5.71 Å². The van der Waals surface area contributed by atoms with Crippen molar-refractivity contribution in [1.82, 2.24) is 0 Å². The lowest BCUT2D eigenvalue weighted by Gasteiger charge is -2.01. The van der Waals surface area contributed by atoms with Crippen molar-refractivity contribution in [3.05, 3.63) is 34.9 Å². The van der Waals surface area contributed by atoms with Gasteiger partial charge >= 0.3 is 5.97 Å². The first-order valence-electron chi connectivity index (χ1n) is 5.24. The highest BCUT2D eigenvalue weighted by atomic mass is 35.5. The summed E-state index contributed by atoms with van der Waals surface area (Å²) in [5, 5.41) is 12.7. The average Bonchev–Trinajstić information content (AvgIpc) is 2.30. The van der Waals surface area contributed by atoms with Gasteiger partial charge in [0, 0.05) is 5.02 Å². The van der Waals surface area contributed by atoms with Gasteiger partial charge in [0.1, 0.15) is 6.61 Å². The number of carbonyl (C=O) groups is 1. The zero-order valence-corrected chi connectivity index (χ0v) is 10.3. The minimum Gasteiger partial charge on any atom is -0.477 e. The second kappa shape index (κ2) is 6.91. The van der Waals surface area contributed by atoms with Crippen LogP contribution in [0.25, 0.3) is 0 Å². The van der Waals surface area contributed by atoms with Crippen LogP contribution < -0.4 is 0 Å². The van der Waals surface area contributed by atoms with Crippen LogP contribution in [0.3, 0.4) is 0 Å². The predicted octanol–water partition coefficient (Wildman–Crippen LogP) is 2.75. The molecule has 1 rings (SSSR count). The number of benzene rings is 1. The Balaban J connectivity index is 2.23. The third kappa shape index (κ3) is 5.36. The molecule has 0 radical (unpaired) electrons. The quantitative estimate of drug-likeness (QED) is 0.483. The van der Waals surface area contributed by atoms with Gasteiger partial charge in [-0.1, -0.05) is 28.9 Å². The Bertz CT molecular complexity index is 401. The lowest BCUT2D eigenvalue weighted by Crippen LogP contribution is -2.08. The fourth-order valence-corrected chi connectivity index (χ4v) is 1.30. The first-order chi connectivity index (χ1) is 8.09. The van der Waals surface area contributed by atoms with E-state index in [4.69, 9.17) is 21.5 Å². The molecule has 0 spiro atoms. The Hall–Kier alpha value is -1.55. The van der Waals surface area contributed by atoms with E-state index in [-0.39, 0.29) is 5.71 Å². The first-order valence-corrected chi connectivity index (χ1v) is 5.61. The molecule has 0 aliphatic carbocycles. The summed E-state index contributed by atoms with van der Waals surface area (Å²) >= 11 is 5.76. The molecule has 1 aromatic rings. The fraction of sp³-hybridized carbons (Fsp3) is 0.333. The molecule has 1 N–H and O–H groups in total. The van der Waals surface area contributed by atoms with Gasteiger partial charge in [0.25, 0.3) is 0 Å². The van der Waals surface area contributed by atoms with Gasteiger partial charge in [0.2, 0.25) is 0 Å². The molecule has 0 aliphatic heterocycles. The van der Waals surface area contributed by atoms with Crippen LogP contribution in [0, 0.1) is 0 Å². The number of carboxylic acid groups (broad SMARTS) is 1. The first kappa shape index (κ1) is 13.5. The molecular formula is C12H14ClNO3. The minimum atomic E-state index is -1.07. The van der Waals surface area contributed by atoms with E-state index in [1.54, 1.807) is 0 Å². The normalized spacial score (nSPS) is 11.3. The minimum absolute atomic E-state index is 0.0449. The molecule has 0 atom stereocenters. The van der Waals surface area contributed by atoms with Crippen LogP contribution >= 0.6 is 11.6 Å². The van der Waals surface area contributed by atoms with Gasteiger partial charge in [-0.2, -0.15) is 0 Å². The third-order valence-electron chi connectivity index (χ3n) is 2.13. The molecule has 0 fully saturated rings. The van der Waals surface area contributed by atoms with E-state index >= 15 is 0 Å². The molecule has 0 amide bonds. The summed E-state index contributed by atoms with van der Waals surface area (Å²) < 4.78 is 0. The number of hydrogen-bond donors (Lipinski definition) is 1. The smallest absolute Gasteiger partial charge is 0.353 e. The van der Waals surface area contributed by atoms with Crippen LogP contribution in [-0.4, -0.2) is 23.4 Å². The lowest BCUT2D eigenvalue weighted by atomic mass is 10.1. The fourth-order valence-electron chi connectivity index (χ4n) is 1.17. The Morgan fingerprint density at radius 2 is 2.06 bits per heavy atom. The number of aryl methyl sites for hydroxylation is 1. The van der Waals surface area contributed by atoms with Crippen molar-refractivity contribution in [2.45, 2.75) is 19.8 Å². The van der Waals surface area contributed by atoms with Crippen LogP contribution in [-0.2, 0) is 16.1 Å². The van der Waals surface area contributed by atoms with Crippen molar-refractivity contribution in [1.29, 1.82) is 0 Å². The van der Waals surface area contributed by atoms with Crippen molar-refractivity contribution in [3.8, 4) is 0 Å². The maximum absolute atomic E-state index is 10.4. The van der Waals surface area contributed by atoms with Crippen molar-refractivity contribution >= 4 is 23.3 Å². The largest absolute Gasteiger partial charge is 0.477 e. The zero-order valence-electron chi connectivity index (χ0n) is 9.52. The Labute approximate surface area is 105 Å². The highest BCUT2D eigenvalue weighted by Crippen LogP contribution is 2.10. The van der Waals surface area contributed by atoms with Crippen LogP contribution in [0.5, 0.6) is 0 Å². The van der Waals surface area contributed by atoms with Gasteiger partial charge in [-0.15, -0.1) is 0 Å². The molecule has 0 saturated carbocycles. The number of hydrogen-bond acceptors (Lipinski definition) is 3. The van der Waals surface area contributed by atoms with Crippen LogP contribution in [0.1, 0.15) is 18.9 Å². The summed E-state index contributed by atoms with van der Waals surface area (Å²) in [6.45, 7) is 1.79. The van der Waals surface area contributed by atoms with E-state index in [2.05, 4.69) is 5.16 Å². The summed E-state index contributed by atoms with van der Waals surface area (Å²) in [7, 11) is 0. The Kier molecular flexibility index (Phi) is 5.49. The van der Waals surface area contributed by atoms with Gasteiger partial charge in [-0.25, -0.2) is 4.79 Å². The van der Waals surface area contributed by atoms with Crippen LogP contribution in [0.15, 0.2) is 29.4 Å². The third-order valence-corrected chi connectivity index (χ3v) is 2.38. The van der Waals surface area contributed by atoms with E-state index in [9.17, 15) is 4.79 Å². The van der Waals surface area contributed by atoms with Gasteiger partial charge in [-0.05, 0) is 37.5 Å². The Morgan fingerprint density at radius 3 is 2.65 bits per heavy atom. The Morgan fingerprint density at radius 1 is 1.41 bits per heavy atom. The summed E-state index contributed by atoms with van der Waals surface area (Å²) in [5.41, 5.74) is 1.12. The molecule has 0 heterocycles. The van der Waals surface area contributed by atoms with Crippen molar-refractivity contribution in [2.75, 3.05) is 6.61 Å². The lowest BCUT2D eigenvalue weighted by molar-refractivity contribution is -0.129. The van der Waals surface area contributed by atoms with Gasteiger partial charge in [0.05, 0.1) is 0 Å². The molecule has 0 saturated heterocycles. The molecule has 4 nitrogen and oxygen atoms in total.